The SMILES string of the molecule is CCOC(=O)c1nc(C(=O)OCC)c2c(C#N)cn(CCSC)c2n1. The summed E-state index contributed by atoms with van der Waals surface area (Å²) in [5.41, 5.74) is 0.496. The van der Waals surface area contributed by atoms with Crippen LogP contribution in [0, 0.1) is 11.3 Å². The summed E-state index contributed by atoms with van der Waals surface area (Å²) in [6, 6.07) is 2.05. The van der Waals surface area contributed by atoms with Crippen molar-refractivity contribution in [3.8, 4) is 6.07 Å². The van der Waals surface area contributed by atoms with Gasteiger partial charge in [-0.2, -0.15) is 17.0 Å². The first kappa shape index (κ1) is 18.7. The van der Waals surface area contributed by atoms with Crippen LogP contribution in [0.3, 0.4) is 0 Å². The smallest absolute Gasteiger partial charge is 0.376 e. The molecule has 0 aliphatic carbocycles. The lowest BCUT2D eigenvalue weighted by atomic mass is 10.2. The third-order valence-electron chi connectivity index (χ3n) is 3.30. The monoisotopic (exact) mass is 362 g/mol. The number of rotatable bonds is 7. The summed E-state index contributed by atoms with van der Waals surface area (Å²) in [6.07, 6.45) is 3.56. The molecule has 0 amide bonds. The molecule has 0 radical (unpaired) electrons. The van der Waals surface area contributed by atoms with E-state index in [4.69, 9.17) is 9.47 Å². The molecule has 0 aliphatic rings. The summed E-state index contributed by atoms with van der Waals surface area (Å²) in [5, 5.41) is 9.69. The average Bonchev–Trinajstić information content (AvgIpc) is 2.97. The first-order chi connectivity index (χ1) is 12.1. The summed E-state index contributed by atoms with van der Waals surface area (Å²) in [6.45, 7) is 4.20. The molecule has 0 saturated carbocycles. The molecule has 9 heteroatoms. The van der Waals surface area contributed by atoms with Crippen molar-refractivity contribution in [2.75, 3.05) is 25.2 Å². The summed E-state index contributed by atoms with van der Waals surface area (Å²) < 4.78 is 11.7. The maximum absolute atomic E-state index is 12.3. The molecule has 132 valence electrons. The Bertz CT molecular complexity index is 841. The molecule has 0 bridgehead atoms. The van der Waals surface area contributed by atoms with Gasteiger partial charge in [-0.05, 0) is 20.1 Å². The molecule has 25 heavy (non-hydrogen) atoms. The Morgan fingerprint density at radius 2 is 1.92 bits per heavy atom. The Morgan fingerprint density at radius 1 is 1.24 bits per heavy atom. The highest BCUT2D eigenvalue weighted by Crippen LogP contribution is 2.24. The van der Waals surface area contributed by atoms with Crippen LogP contribution in [0.2, 0.25) is 0 Å². The van der Waals surface area contributed by atoms with Crippen LogP contribution in [-0.4, -0.2) is 51.7 Å². The van der Waals surface area contributed by atoms with Gasteiger partial charge in [0.05, 0.1) is 24.2 Å². The van der Waals surface area contributed by atoms with Gasteiger partial charge in [0.15, 0.2) is 5.69 Å². The second-order valence-corrected chi connectivity index (χ2v) is 5.86. The number of hydrogen-bond acceptors (Lipinski definition) is 8. The predicted molar refractivity (Wildman–Crippen MR) is 92.5 cm³/mol. The van der Waals surface area contributed by atoms with Crippen LogP contribution in [0.4, 0.5) is 0 Å². The molecule has 0 aliphatic heterocycles. The van der Waals surface area contributed by atoms with Gasteiger partial charge in [0.25, 0.3) is 0 Å². The number of aromatic nitrogens is 3. The lowest BCUT2D eigenvalue weighted by molar-refractivity contribution is 0.0507. The Labute approximate surface area is 149 Å². The third kappa shape index (κ3) is 3.91. The molecule has 0 atom stereocenters. The Kier molecular flexibility index (Phi) is 6.36. The van der Waals surface area contributed by atoms with Gasteiger partial charge in [0.2, 0.25) is 5.82 Å². The molecule has 0 saturated heterocycles. The van der Waals surface area contributed by atoms with Crippen LogP contribution in [0.1, 0.15) is 40.5 Å². The minimum Gasteiger partial charge on any atom is -0.461 e. The largest absolute Gasteiger partial charge is 0.461 e. The van der Waals surface area contributed by atoms with Crippen LogP contribution in [0.25, 0.3) is 11.0 Å². The number of thioether (sulfide) groups is 1. The number of esters is 2. The van der Waals surface area contributed by atoms with Crippen molar-refractivity contribution in [2.24, 2.45) is 0 Å². The zero-order valence-electron chi connectivity index (χ0n) is 14.2. The number of ether oxygens (including phenoxy) is 2. The molecule has 0 spiro atoms. The minimum absolute atomic E-state index is 0.102. The fourth-order valence-electron chi connectivity index (χ4n) is 2.27. The summed E-state index contributed by atoms with van der Waals surface area (Å²) in [4.78, 5) is 32.6. The molecule has 2 aromatic rings. The number of carbonyl (C=O) groups excluding carboxylic acids is 2. The van der Waals surface area contributed by atoms with E-state index in [9.17, 15) is 14.9 Å². The fourth-order valence-corrected chi connectivity index (χ4v) is 2.64. The van der Waals surface area contributed by atoms with E-state index in [1.807, 2.05) is 12.3 Å². The highest BCUT2D eigenvalue weighted by atomic mass is 32.2. The summed E-state index contributed by atoms with van der Waals surface area (Å²) >= 11 is 1.63. The van der Waals surface area contributed by atoms with Gasteiger partial charge < -0.3 is 14.0 Å². The Balaban J connectivity index is 2.72. The molecular weight excluding hydrogens is 344 g/mol. The number of carbonyl (C=O) groups is 2. The van der Waals surface area contributed by atoms with Crippen molar-refractivity contribution >= 4 is 34.7 Å². The van der Waals surface area contributed by atoms with Crippen LogP contribution in [0.15, 0.2) is 6.20 Å². The van der Waals surface area contributed by atoms with Crippen LogP contribution < -0.4 is 0 Å². The molecule has 8 nitrogen and oxygen atoms in total. The zero-order chi connectivity index (χ0) is 18.4. The van der Waals surface area contributed by atoms with Gasteiger partial charge in [0.1, 0.15) is 11.7 Å². The normalized spacial score (nSPS) is 10.5. The van der Waals surface area contributed by atoms with Gasteiger partial charge in [-0.15, -0.1) is 0 Å². The molecule has 0 fully saturated rings. The summed E-state index contributed by atoms with van der Waals surface area (Å²) in [5.74, 6) is -0.890. The van der Waals surface area contributed by atoms with Gasteiger partial charge in [-0.25, -0.2) is 19.6 Å². The number of aryl methyl sites for hydroxylation is 1. The first-order valence-electron chi connectivity index (χ1n) is 7.71. The second kappa shape index (κ2) is 8.48. The minimum atomic E-state index is -0.730. The topological polar surface area (TPSA) is 107 Å². The van der Waals surface area contributed by atoms with Crippen molar-refractivity contribution in [3.63, 3.8) is 0 Å². The van der Waals surface area contributed by atoms with Crippen LogP contribution in [0.5, 0.6) is 0 Å². The third-order valence-corrected chi connectivity index (χ3v) is 3.89. The van der Waals surface area contributed by atoms with E-state index < -0.39 is 11.9 Å². The van der Waals surface area contributed by atoms with Gasteiger partial charge >= 0.3 is 11.9 Å². The zero-order valence-corrected chi connectivity index (χ0v) is 15.1. The van der Waals surface area contributed by atoms with Crippen molar-refractivity contribution in [1.29, 1.82) is 5.26 Å². The maximum atomic E-state index is 12.3. The van der Waals surface area contributed by atoms with Gasteiger partial charge in [0, 0.05) is 18.5 Å². The first-order valence-corrected chi connectivity index (χ1v) is 9.10. The van der Waals surface area contributed by atoms with E-state index in [2.05, 4.69) is 9.97 Å². The van der Waals surface area contributed by atoms with Crippen molar-refractivity contribution in [1.82, 2.24) is 14.5 Å². The fraction of sp³-hybridized carbons (Fsp3) is 0.438. The van der Waals surface area contributed by atoms with Crippen LogP contribution >= 0.6 is 11.8 Å². The van der Waals surface area contributed by atoms with Crippen molar-refractivity contribution < 1.29 is 19.1 Å². The number of hydrogen-bond donors (Lipinski definition) is 0. The molecule has 2 rings (SSSR count). The standard InChI is InChI=1S/C16H18N4O4S/c1-4-23-15(21)12-11-10(8-17)9-20(6-7-25-3)14(11)19-13(18-12)16(22)24-5-2/h9H,4-7H2,1-3H3. The van der Waals surface area contributed by atoms with Crippen molar-refractivity contribution in [3.05, 3.63) is 23.3 Å². The maximum Gasteiger partial charge on any atom is 0.376 e. The van der Waals surface area contributed by atoms with E-state index in [1.165, 1.54) is 0 Å². The van der Waals surface area contributed by atoms with E-state index in [-0.39, 0.29) is 35.7 Å². The van der Waals surface area contributed by atoms with E-state index in [0.29, 0.717) is 12.2 Å². The lowest BCUT2D eigenvalue weighted by Gasteiger charge is -2.08. The molecular formula is C16H18N4O4S. The molecule has 2 heterocycles. The Hall–Kier alpha value is -2.60. The number of nitriles is 1. The molecule has 0 unspecified atom stereocenters. The quantitative estimate of drug-likeness (QED) is 0.689. The van der Waals surface area contributed by atoms with Crippen molar-refractivity contribution in [2.45, 2.75) is 20.4 Å². The number of nitrogens with zero attached hydrogens (tertiary/aromatic N) is 4. The highest BCUT2D eigenvalue weighted by Gasteiger charge is 2.25. The summed E-state index contributed by atoms with van der Waals surface area (Å²) in [7, 11) is 0. The lowest BCUT2D eigenvalue weighted by Crippen LogP contribution is -2.16. The second-order valence-electron chi connectivity index (χ2n) is 4.88. The molecule has 2 aromatic heterocycles. The molecule has 0 N–H and O–H groups in total. The van der Waals surface area contributed by atoms with E-state index in [0.717, 1.165) is 5.75 Å². The van der Waals surface area contributed by atoms with Gasteiger partial charge in [-0.3, -0.25) is 0 Å². The van der Waals surface area contributed by atoms with E-state index in [1.54, 1.807) is 36.4 Å². The van der Waals surface area contributed by atoms with Crippen LogP contribution in [-0.2, 0) is 16.0 Å². The Morgan fingerprint density at radius 3 is 2.52 bits per heavy atom. The predicted octanol–water partition coefficient (Wildman–Crippen LogP) is 2.02. The average molecular weight is 362 g/mol. The number of fused-ring (bicyclic) bond motifs is 1. The highest BCUT2D eigenvalue weighted by molar-refractivity contribution is 7.98. The van der Waals surface area contributed by atoms with E-state index >= 15 is 0 Å². The molecule has 0 aromatic carbocycles. The van der Waals surface area contributed by atoms with Gasteiger partial charge in [-0.1, -0.05) is 0 Å².